The van der Waals surface area contributed by atoms with Gasteiger partial charge in [0.15, 0.2) is 0 Å². The van der Waals surface area contributed by atoms with Gasteiger partial charge in [-0.3, -0.25) is 9.30 Å². The minimum atomic E-state index is -0.448. The van der Waals surface area contributed by atoms with Crippen LogP contribution in [0.3, 0.4) is 0 Å². The van der Waals surface area contributed by atoms with E-state index >= 15 is 0 Å². The third-order valence-electron chi connectivity index (χ3n) is 1.83. The third kappa shape index (κ3) is 4.26. The normalized spacial score (nSPS) is 16.7. The summed E-state index contributed by atoms with van der Waals surface area (Å²) in [7, 11) is 0. The first-order valence-electron chi connectivity index (χ1n) is 5.16. The molecule has 0 saturated carbocycles. The predicted octanol–water partition coefficient (Wildman–Crippen LogP) is 3.21. The maximum atomic E-state index is 11.6. The van der Waals surface area contributed by atoms with E-state index in [1.54, 1.807) is 0 Å². The Balaban J connectivity index is 2.51. The van der Waals surface area contributed by atoms with E-state index in [2.05, 4.69) is 4.99 Å². The summed E-state index contributed by atoms with van der Waals surface area (Å²) < 4.78 is 7.04. The van der Waals surface area contributed by atoms with Gasteiger partial charge in [0.25, 0.3) is 0 Å². The molecule has 0 unspecified atom stereocenters. The zero-order valence-corrected chi connectivity index (χ0v) is 11.2. The second-order valence-corrected chi connectivity index (χ2v) is 5.62. The lowest BCUT2D eigenvalue weighted by Crippen LogP contribution is -2.26. The molecule has 0 radical (unpaired) electrons. The van der Waals surface area contributed by atoms with E-state index < -0.39 is 5.60 Å². The van der Waals surface area contributed by atoms with Crippen LogP contribution in [0.2, 0.25) is 0 Å². The molecule has 16 heavy (non-hydrogen) atoms. The molecule has 1 rings (SSSR count). The number of ether oxygens (including phenoxy) is 1. The highest BCUT2D eigenvalue weighted by Crippen LogP contribution is 2.24. The number of carbonyl (C=O) groups is 1. The van der Waals surface area contributed by atoms with Crippen LogP contribution in [0, 0.1) is 0 Å². The molecule has 0 aromatic carbocycles. The summed E-state index contributed by atoms with van der Waals surface area (Å²) >= 11 is 1.05. The van der Waals surface area contributed by atoms with Crippen LogP contribution < -0.4 is 0 Å². The summed E-state index contributed by atoms with van der Waals surface area (Å²) in [4.78, 5) is 15.8. The number of aliphatic imine (C=N–C) groups is 1. The van der Waals surface area contributed by atoms with Gasteiger partial charge < -0.3 is 4.74 Å². The molecule has 0 bridgehead atoms. The first-order chi connectivity index (χ1) is 7.28. The van der Waals surface area contributed by atoms with Gasteiger partial charge in [0, 0.05) is 11.4 Å². The van der Waals surface area contributed by atoms with Crippen molar-refractivity contribution in [3.05, 3.63) is 11.8 Å². The number of carbonyl (C=O) groups excluding carboxylic acids is 1. The fourth-order valence-electron chi connectivity index (χ4n) is 1.17. The Labute approximate surface area is 101 Å². The molecule has 0 aromatic heterocycles. The molecule has 4 nitrogen and oxygen atoms in total. The second kappa shape index (κ2) is 4.91. The van der Waals surface area contributed by atoms with Gasteiger partial charge in [-0.15, -0.1) is 0 Å². The second-order valence-electron chi connectivity index (χ2n) is 4.66. The lowest BCUT2D eigenvalue weighted by atomic mass is 10.2. The van der Waals surface area contributed by atoms with Crippen LogP contribution in [0.5, 0.6) is 0 Å². The molecule has 0 amide bonds. The first kappa shape index (κ1) is 13.1. The highest BCUT2D eigenvalue weighted by atomic mass is 32.2. The molecular weight excluding hydrogens is 224 g/mol. The van der Waals surface area contributed by atoms with Gasteiger partial charge in [-0.2, -0.15) is 0 Å². The van der Waals surface area contributed by atoms with Crippen LogP contribution in [-0.2, 0) is 4.74 Å². The standard InChI is InChI=1S/C11H18N2O2S/c1-8-6-9(2)13(7-12-8)16-10(14)15-11(3,4)5/h6H,7H2,1-5H3. The number of hydrogen-bond donors (Lipinski definition) is 0. The molecule has 1 heterocycles. The highest BCUT2D eigenvalue weighted by Gasteiger charge is 2.21. The maximum Gasteiger partial charge on any atom is 0.388 e. The maximum absolute atomic E-state index is 11.6. The van der Waals surface area contributed by atoms with Crippen molar-refractivity contribution in [2.45, 2.75) is 40.2 Å². The number of nitrogens with zero attached hydrogens (tertiary/aromatic N) is 2. The lowest BCUT2D eigenvalue weighted by Gasteiger charge is -2.26. The van der Waals surface area contributed by atoms with Gasteiger partial charge >= 0.3 is 5.30 Å². The Kier molecular flexibility index (Phi) is 4.02. The van der Waals surface area contributed by atoms with Crippen LogP contribution in [0.4, 0.5) is 4.79 Å². The van der Waals surface area contributed by atoms with Gasteiger partial charge in [-0.1, -0.05) is 0 Å². The van der Waals surface area contributed by atoms with Crippen molar-refractivity contribution in [2.75, 3.05) is 6.67 Å². The van der Waals surface area contributed by atoms with Crippen molar-refractivity contribution in [1.29, 1.82) is 0 Å². The topological polar surface area (TPSA) is 41.9 Å². The van der Waals surface area contributed by atoms with Crippen LogP contribution in [0.1, 0.15) is 34.6 Å². The monoisotopic (exact) mass is 242 g/mol. The molecule has 0 saturated heterocycles. The Morgan fingerprint density at radius 3 is 2.62 bits per heavy atom. The molecule has 0 aliphatic carbocycles. The molecule has 5 heteroatoms. The highest BCUT2D eigenvalue weighted by molar-refractivity contribution is 8.11. The van der Waals surface area contributed by atoms with E-state index in [-0.39, 0.29) is 5.30 Å². The summed E-state index contributed by atoms with van der Waals surface area (Å²) in [6.45, 7) is 9.96. The Morgan fingerprint density at radius 1 is 1.50 bits per heavy atom. The van der Waals surface area contributed by atoms with E-state index in [9.17, 15) is 4.79 Å². The zero-order valence-electron chi connectivity index (χ0n) is 10.4. The van der Waals surface area contributed by atoms with Crippen molar-refractivity contribution in [3.63, 3.8) is 0 Å². The van der Waals surface area contributed by atoms with Crippen molar-refractivity contribution >= 4 is 23.0 Å². The van der Waals surface area contributed by atoms with Crippen LogP contribution >= 0.6 is 11.9 Å². The van der Waals surface area contributed by atoms with Crippen LogP contribution in [0.15, 0.2) is 16.8 Å². The Hall–Kier alpha value is -0.970. The quantitative estimate of drug-likeness (QED) is 0.523. The molecule has 0 fully saturated rings. The summed E-state index contributed by atoms with van der Waals surface area (Å²) in [5, 5.41) is -0.296. The van der Waals surface area contributed by atoms with Crippen molar-refractivity contribution in [1.82, 2.24) is 4.31 Å². The third-order valence-corrected chi connectivity index (χ3v) is 2.69. The van der Waals surface area contributed by atoms with E-state index in [4.69, 9.17) is 4.74 Å². The molecule has 0 atom stereocenters. The van der Waals surface area contributed by atoms with E-state index in [1.807, 2.05) is 45.0 Å². The molecule has 0 N–H and O–H groups in total. The Morgan fingerprint density at radius 2 is 2.12 bits per heavy atom. The van der Waals surface area contributed by atoms with E-state index in [1.165, 1.54) is 0 Å². The summed E-state index contributed by atoms with van der Waals surface area (Å²) in [5.74, 6) is 0. The van der Waals surface area contributed by atoms with Crippen molar-refractivity contribution in [2.24, 2.45) is 4.99 Å². The first-order valence-corrected chi connectivity index (χ1v) is 5.93. The molecule has 0 spiro atoms. The summed E-state index contributed by atoms with van der Waals surface area (Å²) in [6.07, 6.45) is 1.95. The van der Waals surface area contributed by atoms with Gasteiger partial charge in [0.05, 0.1) is 11.9 Å². The molecule has 1 aliphatic heterocycles. The number of rotatable bonds is 1. The van der Waals surface area contributed by atoms with E-state index in [0.29, 0.717) is 6.67 Å². The molecule has 1 aliphatic rings. The van der Waals surface area contributed by atoms with E-state index in [0.717, 1.165) is 23.4 Å². The fraction of sp³-hybridized carbons (Fsp3) is 0.636. The Bertz CT molecular complexity index is 342. The minimum absolute atomic E-state index is 0.296. The van der Waals surface area contributed by atoms with Crippen molar-refractivity contribution in [3.8, 4) is 0 Å². The average molecular weight is 242 g/mol. The van der Waals surface area contributed by atoms with Gasteiger partial charge in [0.1, 0.15) is 12.3 Å². The predicted molar refractivity (Wildman–Crippen MR) is 67.4 cm³/mol. The smallest absolute Gasteiger partial charge is 0.388 e. The van der Waals surface area contributed by atoms with Gasteiger partial charge in [-0.05, 0) is 40.7 Å². The fourth-order valence-corrected chi connectivity index (χ4v) is 1.95. The molecule has 0 aromatic rings. The summed E-state index contributed by atoms with van der Waals surface area (Å²) in [5.41, 5.74) is 1.55. The number of allylic oxidation sites excluding steroid dienone is 2. The summed E-state index contributed by atoms with van der Waals surface area (Å²) in [6, 6.07) is 0. The average Bonchev–Trinajstić information content (AvgIpc) is 2.06. The number of hydrogen-bond acceptors (Lipinski definition) is 5. The van der Waals surface area contributed by atoms with Crippen LogP contribution in [-0.4, -0.2) is 27.6 Å². The van der Waals surface area contributed by atoms with Gasteiger partial charge in [-0.25, -0.2) is 4.79 Å². The molecular formula is C11H18N2O2S. The van der Waals surface area contributed by atoms with Crippen molar-refractivity contribution < 1.29 is 9.53 Å². The largest absolute Gasteiger partial charge is 0.451 e. The molecule has 90 valence electrons. The SMILES string of the molecule is CC1=CC(C)=NCN1SC(=O)OC(C)(C)C. The van der Waals surface area contributed by atoms with Crippen LogP contribution in [0.25, 0.3) is 0 Å². The van der Waals surface area contributed by atoms with Gasteiger partial charge in [0.2, 0.25) is 0 Å². The minimum Gasteiger partial charge on any atom is -0.451 e. The zero-order chi connectivity index (χ0) is 12.3. The lowest BCUT2D eigenvalue weighted by molar-refractivity contribution is 0.0732.